The van der Waals surface area contributed by atoms with Crippen LogP contribution in [0.25, 0.3) is 0 Å². The number of aromatic hydroxyl groups is 1. The fourth-order valence-corrected chi connectivity index (χ4v) is 4.08. The third kappa shape index (κ3) is 4.94. The average molecular weight is 443 g/mol. The number of sulfonamides is 1. The summed E-state index contributed by atoms with van der Waals surface area (Å²) < 4.78 is 24.7. The molecule has 3 rings (SSSR count). The number of rotatable bonds is 6. The van der Waals surface area contributed by atoms with E-state index in [1.807, 2.05) is 4.72 Å². The molecule has 0 bridgehead atoms. The second-order valence-electron chi connectivity index (χ2n) is 6.48. The van der Waals surface area contributed by atoms with Crippen molar-refractivity contribution in [2.75, 3.05) is 11.2 Å². The van der Waals surface area contributed by atoms with Crippen LogP contribution in [0, 0.1) is 18.3 Å². The first kappa shape index (κ1) is 21.3. The SMILES string of the molecule is Cc1sc(N(Cc2ccccc2O)c2ccc(C#N)cc2)nc1C(=O)NS(C)(=O)=O. The second kappa shape index (κ2) is 8.52. The Morgan fingerprint density at radius 2 is 1.90 bits per heavy atom. The highest BCUT2D eigenvalue weighted by Crippen LogP contribution is 2.34. The van der Waals surface area contributed by atoms with Crippen molar-refractivity contribution >= 4 is 38.1 Å². The Bertz CT molecular complexity index is 1230. The Kier molecular flexibility index (Phi) is 6.05. The predicted octanol–water partition coefficient (Wildman–Crippen LogP) is 3.06. The highest BCUT2D eigenvalue weighted by atomic mass is 32.2. The number of nitrogens with zero attached hydrogens (tertiary/aromatic N) is 3. The highest BCUT2D eigenvalue weighted by molar-refractivity contribution is 7.89. The molecule has 0 radical (unpaired) electrons. The summed E-state index contributed by atoms with van der Waals surface area (Å²) in [6.45, 7) is 1.92. The quantitative estimate of drug-likeness (QED) is 0.601. The molecule has 2 N–H and O–H groups in total. The summed E-state index contributed by atoms with van der Waals surface area (Å²) in [5, 5.41) is 19.7. The van der Waals surface area contributed by atoms with Gasteiger partial charge in [-0.2, -0.15) is 5.26 Å². The van der Waals surface area contributed by atoms with Crippen LogP contribution >= 0.6 is 11.3 Å². The van der Waals surface area contributed by atoms with Gasteiger partial charge < -0.3 is 10.0 Å². The van der Waals surface area contributed by atoms with Crippen LogP contribution in [0.3, 0.4) is 0 Å². The molecule has 0 atom stereocenters. The lowest BCUT2D eigenvalue weighted by Crippen LogP contribution is -2.30. The Morgan fingerprint density at radius 1 is 1.23 bits per heavy atom. The van der Waals surface area contributed by atoms with Crippen molar-refractivity contribution in [3.05, 3.63) is 70.2 Å². The summed E-state index contributed by atoms with van der Waals surface area (Å²) in [5.74, 6) is -0.695. The molecule has 0 spiro atoms. The van der Waals surface area contributed by atoms with Gasteiger partial charge in [-0.15, -0.1) is 11.3 Å². The first-order chi connectivity index (χ1) is 14.2. The molecule has 2 aromatic carbocycles. The molecule has 1 aromatic heterocycles. The van der Waals surface area contributed by atoms with Gasteiger partial charge in [0.15, 0.2) is 5.13 Å². The van der Waals surface area contributed by atoms with Crippen LogP contribution in [0.15, 0.2) is 48.5 Å². The van der Waals surface area contributed by atoms with Crippen molar-refractivity contribution in [2.24, 2.45) is 0 Å². The Labute approximate surface area is 178 Å². The van der Waals surface area contributed by atoms with Gasteiger partial charge in [-0.25, -0.2) is 18.1 Å². The first-order valence-corrected chi connectivity index (χ1v) is 11.4. The fraction of sp³-hybridized carbons (Fsp3) is 0.150. The lowest BCUT2D eigenvalue weighted by atomic mass is 10.1. The maximum Gasteiger partial charge on any atom is 0.284 e. The van der Waals surface area contributed by atoms with E-state index >= 15 is 0 Å². The maximum absolute atomic E-state index is 12.3. The number of hydrogen-bond acceptors (Lipinski definition) is 8. The number of thiazole rings is 1. The average Bonchev–Trinajstić information content (AvgIpc) is 3.08. The zero-order valence-electron chi connectivity index (χ0n) is 16.2. The Morgan fingerprint density at radius 3 is 2.50 bits per heavy atom. The highest BCUT2D eigenvalue weighted by Gasteiger charge is 2.22. The van der Waals surface area contributed by atoms with Crippen LogP contribution in [-0.4, -0.2) is 30.7 Å². The van der Waals surface area contributed by atoms with Gasteiger partial charge in [0.25, 0.3) is 5.91 Å². The summed E-state index contributed by atoms with van der Waals surface area (Å²) in [5.41, 5.74) is 1.83. The molecule has 30 heavy (non-hydrogen) atoms. The minimum Gasteiger partial charge on any atom is -0.508 e. The molecule has 154 valence electrons. The molecule has 10 heteroatoms. The number of anilines is 2. The smallest absolute Gasteiger partial charge is 0.284 e. The van der Waals surface area contributed by atoms with Gasteiger partial charge in [0.05, 0.1) is 24.4 Å². The van der Waals surface area contributed by atoms with Gasteiger partial charge in [-0.1, -0.05) is 18.2 Å². The van der Waals surface area contributed by atoms with Gasteiger partial charge in [0, 0.05) is 16.1 Å². The third-order valence-corrected chi connectivity index (χ3v) is 5.69. The van der Waals surface area contributed by atoms with E-state index in [0.717, 1.165) is 6.26 Å². The number of para-hydroxylation sites is 1. The number of hydrogen-bond donors (Lipinski definition) is 2. The van der Waals surface area contributed by atoms with Crippen molar-refractivity contribution in [2.45, 2.75) is 13.5 Å². The van der Waals surface area contributed by atoms with E-state index in [9.17, 15) is 18.3 Å². The van der Waals surface area contributed by atoms with Crippen molar-refractivity contribution in [1.82, 2.24) is 9.71 Å². The van der Waals surface area contributed by atoms with Crippen LogP contribution in [0.4, 0.5) is 10.8 Å². The number of nitrogens with one attached hydrogen (secondary N) is 1. The van der Waals surface area contributed by atoms with Crippen LogP contribution < -0.4 is 9.62 Å². The minimum atomic E-state index is -3.73. The van der Waals surface area contributed by atoms with Crippen molar-refractivity contribution in [3.63, 3.8) is 0 Å². The third-order valence-electron chi connectivity index (χ3n) is 4.14. The van der Waals surface area contributed by atoms with E-state index in [-0.39, 0.29) is 18.0 Å². The minimum absolute atomic E-state index is 0.0105. The summed E-state index contributed by atoms with van der Waals surface area (Å²) in [7, 11) is -3.73. The molecule has 3 aromatic rings. The molecular formula is C20H18N4O4S2. The molecule has 1 amide bonds. The summed E-state index contributed by atoms with van der Waals surface area (Å²) in [4.78, 5) is 19.0. The molecule has 0 saturated carbocycles. The maximum atomic E-state index is 12.3. The van der Waals surface area contributed by atoms with Crippen LogP contribution in [0.1, 0.15) is 26.5 Å². The molecule has 0 aliphatic rings. The molecule has 0 unspecified atom stereocenters. The number of phenols is 1. The lowest BCUT2D eigenvalue weighted by Gasteiger charge is -2.22. The van der Waals surface area contributed by atoms with E-state index in [1.165, 1.54) is 11.3 Å². The number of carbonyl (C=O) groups excluding carboxylic acids is 1. The van der Waals surface area contributed by atoms with Gasteiger partial charge in [0.1, 0.15) is 11.4 Å². The molecular weight excluding hydrogens is 424 g/mol. The summed E-state index contributed by atoms with van der Waals surface area (Å²) in [6.07, 6.45) is 0.898. The van der Waals surface area contributed by atoms with E-state index in [1.54, 1.807) is 60.4 Å². The molecule has 8 nitrogen and oxygen atoms in total. The van der Waals surface area contributed by atoms with Crippen LogP contribution in [-0.2, 0) is 16.6 Å². The fourth-order valence-electron chi connectivity index (χ4n) is 2.73. The largest absolute Gasteiger partial charge is 0.508 e. The number of benzene rings is 2. The normalized spacial score (nSPS) is 11.0. The summed E-state index contributed by atoms with van der Waals surface area (Å²) >= 11 is 1.22. The summed E-state index contributed by atoms with van der Waals surface area (Å²) in [6, 6.07) is 15.7. The van der Waals surface area contributed by atoms with E-state index < -0.39 is 15.9 Å². The number of carbonyl (C=O) groups is 1. The molecule has 0 fully saturated rings. The monoisotopic (exact) mass is 442 g/mol. The molecule has 1 heterocycles. The number of aromatic nitrogens is 1. The zero-order valence-corrected chi connectivity index (χ0v) is 17.8. The Hall–Kier alpha value is -3.42. The van der Waals surface area contributed by atoms with Gasteiger partial charge in [-0.3, -0.25) is 4.79 Å². The van der Waals surface area contributed by atoms with Crippen molar-refractivity contribution in [1.29, 1.82) is 5.26 Å². The van der Waals surface area contributed by atoms with Gasteiger partial charge in [0.2, 0.25) is 10.0 Å². The van der Waals surface area contributed by atoms with E-state index in [0.29, 0.717) is 26.8 Å². The van der Waals surface area contributed by atoms with Crippen LogP contribution in [0.2, 0.25) is 0 Å². The molecule has 0 saturated heterocycles. The number of phenolic OH excluding ortho intramolecular Hbond substituents is 1. The molecule has 0 aliphatic heterocycles. The topological polar surface area (TPSA) is 123 Å². The first-order valence-electron chi connectivity index (χ1n) is 8.72. The van der Waals surface area contributed by atoms with Crippen LogP contribution in [0.5, 0.6) is 5.75 Å². The van der Waals surface area contributed by atoms with E-state index in [2.05, 4.69) is 11.1 Å². The van der Waals surface area contributed by atoms with Gasteiger partial charge in [-0.05, 0) is 37.3 Å². The standard InChI is InChI=1S/C20H18N4O4S2/c1-13-18(19(26)23-30(2,27)28)22-20(29-13)24(12-15-5-3-4-6-17(15)25)16-9-7-14(11-21)8-10-16/h3-10,25H,12H2,1-2H3,(H,23,26). The number of nitriles is 1. The molecule has 0 aliphatic carbocycles. The zero-order chi connectivity index (χ0) is 21.9. The number of aryl methyl sites for hydroxylation is 1. The predicted molar refractivity (Wildman–Crippen MR) is 114 cm³/mol. The number of amides is 1. The van der Waals surface area contributed by atoms with E-state index in [4.69, 9.17) is 5.26 Å². The lowest BCUT2D eigenvalue weighted by molar-refractivity contribution is 0.0977. The second-order valence-corrected chi connectivity index (χ2v) is 9.41. The van der Waals surface area contributed by atoms with Crippen molar-refractivity contribution in [3.8, 4) is 11.8 Å². The Balaban J connectivity index is 2.04. The van der Waals surface area contributed by atoms with Gasteiger partial charge >= 0.3 is 0 Å². The van der Waals surface area contributed by atoms with Crippen molar-refractivity contribution < 1.29 is 18.3 Å².